The van der Waals surface area contributed by atoms with Crippen molar-refractivity contribution in [2.75, 3.05) is 0 Å². The van der Waals surface area contributed by atoms with Crippen LogP contribution >= 0.6 is 11.8 Å². The van der Waals surface area contributed by atoms with Gasteiger partial charge in [-0.25, -0.2) is 8.78 Å². The molecule has 0 aromatic heterocycles. The van der Waals surface area contributed by atoms with E-state index in [0.29, 0.717) is 12.7 Å². The summed E-state index contributed by atoms with van der Waals surface area (Å²) < 4.78 is 21.9. The molecule has 0 spiro atoms. The first-order valence-electron chi connectivity index (χ1n) is 1.57. The highest BCUT2D eigenvalue weighted by Crippen LogP contribution is 2.02. The molecule has 0 N–H and O–H groups in total. The zero-order valence-electron chi connectivity index (χ0n) is 3.47. The Morgan fingerprint density at radius 3 is 1.71 bits per heavy atom. The average Bonchev–Trinajstić information content (AvgIpc) is 1.69. The quantitative estimate of drug-likeness (QED) is 0.542. The van der Waals surface area contributed by atoms with Crippen LogP contribution in [0.2, 0.25) is 0 Å². The average molecular weight is 122 g/mol. The molecule has 0 radical (unpaired) electrons. The van der Waals surface area contributed by atoms with Gasteiger partial charge in [0.05, 0.1) is 12.7 Å². The highest BCUT2D eigenvalue weighted by atomic mass is 32.2. The number of hydrogen-bond donors (Lipinski definition) is 0. The fourth-order valence-corrected chi connectivity index (χ4v) is 0.314. The molecule has 0 unspecified atom stereocenters. The van der Waals surface area contributed by atoms with Crippen molar-refractivity contribution in [3.05, 3.63) is 23.5 Å². The molecular formula is C4H4F2S. The zero-order valence-corrected chi connectivity index (χ0v) is 4.29. The van der Waals surface area contributed by atoms with Crippen LogP contribution in [0.1, 0.15) is 0 Å². The minimum atomic E-state index is 0.352. The Morgan fingerprint density at radius 1 is 1.00 bits per heavy atom. The van der Waals surface area contributed by atoms with Crippen molar-refractivity contribution in [1.82, 2.24) is 0 Å². The second-order valence-corrected chi connectivity index (χ2v) is 1.48. The Labute approximate surface area is 44.9 Å². The SMILES string of the molecule is F/C=C/S/C=C/F. The smallest absolute Gasteiger partial charge is 0.0933 e. The van der Waals surface area contributed by atoms with Gasteiger partial charge in [0.1, 0.15) is 0 Å². The van der Waals surface area contributed by atoms with Gasteiger partial charge >= 0.3 is 0 Å². The van der Waals surface area contributed by atoms with Gasteiger partial charge in [0.15, 0.2) is 0 Å². The predicted octanol–water partition coefficient (Wildman–Crippen LogP) is 2.60. The maximum Gasteiger partial charge on any atom is 0.0933 e. The van der Waals surface area contributed by atoms with Crippen LogP contribution in [0.5, 0.6) is 0 Å². The Morgan fingerprint density at radius 2 is 1.43 bits per heavy atom. The van der Waals surface area contributed by atoms with E-state index in [0.717, 1.165) is 22.6 Å². The highest BCUT2D eigenvalue weighted by Gasteiger charge is 1.65. The van der Waals surface area contributed by atoms with Gasteiger partial charge in [-0.15, -0.1) is 11.8 Å². The molecule has 0 nitrogen and oxygen atoms in total. The molecule has 0 aliphatic heterocycles. The summed E-state index contributed by atoms with van der Waals surface area (Å²) in [6, 6.07) is 0. The Hall–Kier alpha value is -0.310. The normalized spacial score (nSPS) is 11.7. The lowest BCUT2D eigenvalue weighted by atomic mass is 11.2. The first-order valence-corrected chi connectivity index (χ1v) is 2.52. The summed E-state index contributed by atoms with van der Waals surface area (Å²) in [6.45, 7) is 0. The summed E-state index contributed by atoms with van der Waals surface area (Å²) in [5.74, 6) is 0. The minimum absolute atomic E-state index is 0.352. The van der Waals surface area contributed by atoms with Crippen molar-refractivity contribution >= 4 is 11.8 Å². The molecule has 40 valence electrons. The molecule has 0 saturated heterocycles. The Balaban J connectivity index is 2.98. The van der Waals surface area contributed by atoms with Crippen molar-refractivity contribution < 1.29 is 8.78 Å². The zero-order chi connectivity index (χ0) is 5.54. The molecule has 0 fully saturated rings. The molecule has 0 aliphatic rings. The molecule has 0 aliphatic carbocycles. The lowest BCUT2D eigenvalue weighted by molar-refractivity contribution is 0.723. The van der Waals surface area contributed by atoms with E-state index < -0.39 is 0 Å². The molecule has 0 rings (SSSR count). The third kappa shape index (κ3) is 5.69. The fraction of sp³-hybridized carbons (Fsp3) is 0. The van der Waals surface area contributed by atoms with Gasteiger partial charge < -0.3 is 0 Å². The predicted molar refractivity (Wildman–Crippen MR) is 28.1 cm³/mol. The molecule has 0 aromatic carbocycles. The van der Waals surface area contributed by atoms with Crippen LogP contribution < -0.4 is 0 Å². The lowest BCUT2D eigenvalue weighted by Crippen LogP contribution is -1.36. The van der Waals surface area contributed by atoms with Crippen LogP contribution in [0.15, 0.2) is 23.5 Å². The van der Waals surface area contributed by atoms with Crippen molar-refractivity contribution in [3.63, 3.8) is 0 Å². The topological polar surface area (TPSA) is 0 Å². The molecule has 0 saturated carbocycles. The minimum Gasteiger partial charge on any atom is -0.215 e. The van der Waals surface area contributed by atoms with Crippen LogP contribution in [-0.2, 0) is 0 Å². The first-order chi connectivity index (χ1) is 3.41. The van der Waals surface area contributed by atoms with Gasteiger partial charge in [-0.05, 0) is 0 Å². The van der Waals surface area contributed by atoms with E-state index in [1.807, 2.05) is 0 Å². The first kappa shape index (κ1) is 6.69. The maximum atomic E-state index is 11.0. The highest BCUT2D eigenvalue weighted by molar-refractivity contribution is 8.04. The largest absolute Gasteiger partial charge is 0.215 e. The molecule has 7 heavy (non-hydrogen) atoms. The van der Waals surface area contributed by atoms with E-state index in [-0.39, 0.29) is 0 Å². The van der Waals surface area contributed by atoms with Crippen molar-refractivity contribution in [2.45, 2.75) is 0 Å². The fourth-order valence-electron chi connectivity index (χ4n) is 0.105. The second kappa shape index (κ2) is 5.69. The summed E-state index contributed by atoms with van der Waals surface area (Å²) in [5.41, 5.74) is 0. The summed E-state index contributed by atoms with van der Waals surface area (Å²) >= 11 is 0.942. The molecule has 3 heteroatoms. The molecule has 0 atom stereocenters. The number of halogens is 2. The summed E-state index contributed by atoms with van der Waals surface area (Å²) in [5, 5.41) is 2.27. The third-order valence-electron chi connectivity index (χ3n) is 0.260. The molecule has 0 aromatic rings. The van der Waals surface area contributed by atoms with Crippen molar-refractivity contribution in [1.29, 1.82) is 0 Å². The van der Waals surface area contributed by atoms with E-state index >= 15 is 0 Å². The molecule has 0 heterocycles. The molecular weight excluding hydrogens is 118 g/mol. The monoisotopic (exact) mass is 122 g/mol. The van der Waals surface area contributed by atoms with Crippen LogP contribution in [0.4, 0.5) is 8.78 Å². The van der Waals surface area contributed by atoms with Crippen molar-refractivity contribution in [3.8, 4) is 0 Å². The van der Waals surface area contributed by atoms with E-state index in [2.05, 4.69) is 0 Å². The summed E-state index contributed by atoms with van der Waals surface area (Å²) in [6.07, 6.45) is 0.704. The van der Waals surface area contributed by atoms with E-state index in [1.54, 1.807) is 0 Å². The summed E-state index contributed by atoms with van der Waals surface area (Å²) in [7, 11) is 0. The van der Waals surface area contributed by atoms with Crippen LogP contribution in [0.25, 0.3) is 0 Å². The number of thioether (sulfide) groups is 1. The molecule has 0 amide bonds. The Bertz CT molecular complexity index is 67.8. The van der Waals surface area contributed by atoms with Crippen LogP contribution in [0.3, 0.4) is 0 Å². The number of hydrogen-bond acceptors (Lipinski definition) is 1. The third-order valence-corrected chi connectivity index (χ3v) is 0.780. The van der Waals surface area contributed by atoms with E-state index in [1.165, 1.54) is 0 Å². The van der Waals surface area contributed by atoms with Gasteiger partial charge in [-0.1, -0.05) is 0 Å². The Kier molecular flexibility index (Phi) is 5.44. The van der Waals surface area contributed by atoms with E-state index in [9.17, 15) is 8.78 Å². The van der Waals surface area contributed by atoms with Crippen LogP contribution in [-0.4, -0.2) is 0 Å². The summed E-state index contributed by atoms with van der Waals surface area (Å²) in [4.78, 5) is 0. The van der Waals surface area contributed by atoms with Gasteiger partial charge in [-0.2, -0.15) is 0 Å². The number of rotatable bonds is 2. The molecule has 0 bridgehead atoms. The second-order valence-electron chi connectivity index (χ2n) is 0.660. The van der Waals surface area contributed by atoms with Crippen LogP contribution in [0, 0.1) is 0 Å². The van der Waals surface area contributed by atoms with Gasteiger partial charge in [0.2, 0.25) is 0 Å². The van der Waals surface area contributed by atoms with Crippen molar-refractivity contribution in [2.24, 2.45) is 0 Å². The standard InChI is InChI=1S/C4H4F2S/c5-1-3-7-4-2-6/h1-4H/b3-1+,4-2+. The lowest BCUT2D eigenvalue weighted by Gasteiger charge is -1.70. The van der Waals surface area contributed by atoms with Gasteiger partial charge in [0, 0.05) is 10.8 Å². The van der Waals surface area contributed by atoms with E-state index in [4.69, 9.17) is 0 Å². The van der Waals surface area contributed by atoms with Gasteiger partial charge in [0.25, 0.3) is 0 Å². The van der Waals surface area contributed by atoms with Gasteiger partial charge in [-0.3, -0.25) is 0 Å². The maximum absolute atomic E-state index is 11.0.